The van der Waals surface area contributed by atoms with E-state index in [1.165, 1.54) is 16.7 Å². The maximum absolute atomic E-state index is 9.31. The third kappa shape index (κ3) is 3.12. The molecule has 1 aromatic heterocycles. The van der Waals surface area contributed by atoms with Crippen LogP contribution in [0, 0.1) is 6.92 Å². The molecule has 2 aromatic rings. The van der Waals surface area contributed by atoms with Crippen LogP contribution in [-0.4, -0.2) is 5.11 Å². The first-order valence-corrected chi connectivity index (χ1v) is 7.19. The molecule has 1 heterocycles. The van der Waals surface area contributed by atoms with Gasteiger partial charge in [0, 0.05) is 12.6 Å². The predicted molar refractivity (Wildman–Crippen MR) is 77.0 cm³/mol. The average molecular weight is 261 g/mol. The van der Waals surface area contributed by atoms with Crippen molar-refractivity contribution in [2.24, 2.45) is 0 Å². The van der Waals surface area contributed by atoms with E-state index in [0.29, 0.717) is 11.8 Å². The second-order valence-corrected chi connectivity index (χ2v) is 5.26. The van der Waals surface area contributed by atoms with E-state index < -0.39 is 0 Å². The molecule has 2 N–H and O–H groups in total. The van der Waals surface area contributed by atoms with Crippen molar-refractivity contribution in [2.45, 2.75) is 32.9 Å². The number of hydrogen-bond acceptors (Lipinski definition) is 3. The topological polar surface area (TPSA) is 32.3 Å². The fraction of sp³-hybridized carbons (Fsp3) is 0.333. The summed E-state index contributed by atoms with van der Waals surface area (Å²) < 4.78 is 0. The molecule has 0 radical (unpaired) electrons. The van der Waals surface area contributed by atoms with Crippen LogP contribution < -0.4 is 5.32 Å². The molecular weight excluding hydrogens is 242 g/mol. The van der Waals surface area contributed by atoms with E-state index in [-0.39, 0.29) is 0 Å². The number of hydrogen-bond donors (Lipinski definition) is 2. The molecule has 3 heteroatoms. The van der Waals surface area contributed by atoms with Gasteiger partial charge in [0.15, 0.2) is 0 Å². The van der Waals surface area contributed by atoms with Crippen LogP contribution in [0.1, 0.15) is 36.1 Å². The molecule has 0 aliphatic carbocycles. The Morgan fingerprint density at radius 2 is 1.94 bits per heavy atom. The first-order valence-electron chi connectivity index (χ1n) is 6.24. The molecule has 0 spiro atoms. The summed E-state index contributed by atoms with van der Waals surface area (Å²) in [6.07, 6.45) is 1.04. The highest BCUT2D eigenvalue weighted by Crippen LogP contribution is 2.21. The van der Waals surface area contributed by atoms with E-state index in [0.717, 1.165) is 13.0 Å². The molecule has 0 amide bonds. The lowest BCUT2D eigenvalue weighted by atomic mass is 10.0. The van der Waals surface area contributed by atoms with E-state index in [2.05, 4.69) is 29.9 Å². The predicted octanol–water partition coefficient (Wildman–Crippen LogP) is 4.00. The van der Waals surface area contributed by atoms with Gasteiger partial charge >= 0.3 is 0 Å². The molecule has 1 unspecified atom stereocenters. The molecule has 2 nitrogen and oxygen atoms in total. The van der Waals surface area contributed by atoms with E-state index in [9.17, 15) is 5.11 Å². The van der Waals surface area contributed by atoms with Crippen LogP contribution in [-0.2, 0) is 6.54 Å². The maximum atomic E-state index is 9.31. The number of benzene rings is 1. The summed E-state index contributed by atoms with van der Waals surface area (Å²) in [4.78, 5) is 0. The largest absolute Gasteiger partial charge is 0.508 e. The van der Waals surface area contributed by atoms with Gasteiger partial charge in [-0.15, -0.1) is 0 Å². The maximum Gasteiger partial charge on any atom is 0.115 e. The smallest absolute Gasteiger partial charge is 0.115 e. The summed E-state index contributed by atoms with van der Waals surface area (Å²) >= 11 is 1.75. The van der Waals surface area contributed by atoms with Crippen molar-refractivity contribution in [3.05, 3.63) is 51.7 Å². The molecular formula is C15H19NOS. The minimum absolute atomic E-state index is 0.322. The molecule has 0 aliphatic rings. The van der Waals surface area contributed by atoms with Crippen molar-refractivity contribution < 1.29 is 5.11 Å². The molecule has 0 saturated carbocycles. The second kappa shape index (κ2) is 6.03. The zero-order chi connectivity index (χ0) is 13.0. The Morgan fingerprint density at radius 3 is 2.50 bits per heavy atom. The van der Waals surface area contributed by atoms with Gasteiger partial charge < -0.3 is 10.4 Å². The van der Waals surface area contributed by atoms with Gasteiger partial charge in [-0.25, -0.2) is 0 Å². The Bertz CT molecular complexity index is 489. The molecule has 0 saturated heterocycles. The highest BCUT2D eigenvalue weighted by atomic mass is 32.1. The second-order valence-electron chi connectivity index (χ2n) is 4.51. The summed E-state index contributed by atoms with van der Waals surface area (Å²) in [5, 5.41) is 17.3. The van der Waals surface area contributed by atoms with Gasteiger partial charge in [0.05, 0.1) is 0 Å². The molecule has 1 atom stereocenters. The first-order chi connectivity index (χ1) is 8.70. The summed E-state index contributed by atoms with van der Waals surface area (Å²) in [6.45, 7) is 5.22. The highest BCUT2D eigenvalue weighted by molar-refractivity contribution is 7.08. The number of nitrogens with one attached hydrogen (secondary N) is 1. The van der Waals surface area contributed by atoms with Crippen molar-refractivity contribution in [3.63, 3.8) is 0 Å². The van der Waals surface area contributed by atoms with Crippen LogP contribution in [0.2, 0.25) is 0 Å². The van der Waals surface area contributed by atoms with Crippen molar-refractivity contribution in [2.75, 3.05) is 0 Å². The summed E-state index contributed by atoms with van der Waals surface area (Å²) in [5.74, 6) is 0.322. The van der Waals surface area contributed by atoms with E-state index >= 15 is 0 Å². The monoisotopic (exact) mass is 261 g/mol. The molecule has 0 bridgehead atoms. The number of rotatable bonds is 5. The minimum Gasteiger partial charge on any atom is -0.508 e. The number of thiophene rings is 1. The summed E-state index contributed by atoms with van der Waals surface area (Å²) in [6, 6.07) is 7.80. The van der Waals surface area contributed by atoms with Crippen molar-refractivity contribution in [1.82, 2.24) is 5.32 Å². The normalized spacial score (nSPS) is 12.6. The molecule has 0 aliphatic heterocycles. The third-order valence-electron chi connectivity index (χ3n) is 3.20. The van der Waals surface area contributed by atoms with Crippen LogP contribution in [0.15, 0.2) is 35.0 Å². The zero-order valence-electron chi connectivity index (χ0n) is 10.8. The van der Waals surface area contributed by atoms with Crippen molar-refractivity contribution in [1.29, 1.82) is 0 Å². The van der Waals surface area contributed by atoms with Crippen LogP contribution in [0.25, 0.3) is 0 Å². The van der Waals surface area contributed by atoms with Gasteiger partial charge in [0.2, 0.25) is 0 Å². The third-order valence-corrected chi connectivity index (χ3v) is 4.11. The first kappa shape index (κ1) is 13.1. The molecule has 0 fully saturated rings. The van der Waals surface area contributed by atoms with Crippen LogP contribution in [0.3, 0.4) is 0 Å². The average Bonchev–Trinajstić information content (AvgIpc) is 2.78. The van der Waals surface area contributed by atoms with Gasteiger partial charge in [-0.3, -0.25) is 0 Å². The number of phenolic OH excluding ortho intramolecular Hbond substituents is 1. The standard InChI is InChI=1S/C15H19NOS/c1-3-15(12-4-6-14(17)7-5-12)16-8-13-10-18-9-11(13)2/h4-7,9-10,15-17H,3,8H2,1-2H3. The van der Waals surface area contributed by atoms with Crippen molar-refractivity contribution >= 4 is 11.3 Å². The van der Waals surface area contributed by atoms with Crippen LogP contribution in [0.5, 0.6) is 5.75 Å². The fourth-order valence-corrected chi connectivity index (χ4v) is 2.86. The Balaban J connectivity index is 2.01. The Labute approximate surface area is 112 Å². The lowest BCUT2D eigenvalue weighted by Gasteiger charge is -2.17. The fourth-order valence-electron chi connectivity index (χ4n) is 2.01. The number of aromatic hydroxyl groups is 1. The number of phenols is 1. The Kier molecular flexibility index (Phi) is 4.39. The van der Waals surface area contributed by atoms with Gasteiger partial charge in [0.25, 0.3) is 0 Å². The summed E-state index contributed by atoms with van der Waals surface area (Å²) in [5.41, 5.74) is 3.95. The van der Waals surface area contributed by atoms with Gasteiger partial charge in [-0.1, -0.05) is 19.1 Å². The number of aryl methyl sites for hydroxylation is 1. The Hall–Kier alpha value is -1.32. The van der Waals surface area contributed by atoms with Gasteiger partial charge in [0.1, 0.15) is 5.75 Å². The van der Waals surface area contributed by atoms with Gasteiger partial charge in [-0.2, -0.15) is 11.3 Å². The van der Waals surface area contributed by atoms with Crippen LogP contribution in [0.4, 0.5) is 0 Å². The lowest BCUT2D eigenvalue weighted by Crippen LogP contribution is -2.20. The Morgan fingerprint density at radius 1 is 1.22 bits per heavy atom. The molecule has 96 valence electrons. The van der Waals surface area contributed by atoms with E-state index in [4.69, 9.17) is 0 Å². The van der Waals surface area contributed by atoms with Crippen molar-refractivity contribution in [3.8, 4) is 5.75 Å². The minimum atomic E-state index is 0.322. The zero-order valence-corrected chi connectivity index (χ0v) is 11.6. The highest BCUT2D eigenvalue weighted by Gasteiger charge is 2.09. The van der Waals surface area contributed by atoms with E-state index in [1.807, 2.05) is 12.1 Å². The molecule has 18 heavy (non-hydrogen) atoms. The molecule has 2 rings (SSSR count). The summed E-state index contributed by atoms with van der Waals surface area (Å²) in [7, 11) is 0. The SMILES string of the molecule is CCC(NCc1cscc1C)c1ccc(O)cc1. The van der Waals surface area contributed by atoms with Crippen LogP contribution >= 0.6 is 11.3 Å². The molecule has 1 aromatic carbocycles. The lowest BCUT2D eigenvalue weighted by molar-refractivity contribution is 0.473. The van der Waals surface area contributed by atoms with Gasteiger partial charge in [-0.05, 0) is 52.9 Å². The van der Waals surface area contributed by atoms with E-state index in [1.54, 1.807) is 23.5 Å². The quantitative estimate of drug-likeness (QED) is 0.852.